The number of hydrogen-bond donors (Lipinski definition) is 2. The molecule has 0 saturated carbocycles. The molecule has 0 radical (unpaired) electrons. The molecule has 2 rings (SSSR count). The maximum atomic E-state index is 12.0. The lowest BCUT2D eigenvalue weighted by atomic mass is 9.98. The summed E-state index contributed by atoms with van der Waals surface area (Å²) in [7, 11) is 0. The third-order valence-corrected chi connectivity index (χ3v) is 4.26. The van der Waals surface area contributed by atoms with Crippen molar-refractivity contribution in [2.24, 2.45) is 5.73 Å². The van der Waals surface area contributed by atoms with Gasteiger partial charge in [0.2, 0.25) is 5.91 Å². The van der Waals surface area contributed by atoms with Crippen molar-refractivity contribution in [3.8, 4) is 0 Å². The highest BCUT2D eigenvalue weighted by molar-refractivity contribution is 5.86. The van der Waals surface area contributed by atoms with Gasteiger partial charge in [0.15, 0.2) is 0 Å². The Labute approximate surface area is 142 Å². The fraction of sp³-hybridized carbons (Fsp3) is 0.588. The Morgan fingerprint density at radius 3 is 2.75 bits per heavy atom. The maximum Gasteiger partial charge on any atom is 0.405 e. The molecule has 0 aromatic carbocycles. The molecule has 1 aliphatic rings. The van der Waals surface area contributed by atoms with Crippen LogP contribution in [0.1, 0.15) is 39.0 Å². The number of ether oxygens (including phenoxy) is 1. The highest BCUT2D eigenvalue weighted by atomic mass is 16.6. The minimum Gasteiger partial charge on any atom is -0.443 e. The van der Waals surface area contributed by atoms with Gasteiger partial charge in [-0.1, -0.05) is 6.07 Å². The second kappa shape index (κ2) is 6.76. The molecule has 2 amide bonds. The molecule has 3 N–H and O–H groups in total. The molecule has 24 heavy (non-hydrogen) atoms. The fourth-order valence-corrected chi connectivity index (χ4v) is 2.84. The zero-order chi connectivity index (χ0) is 18.0. The van der Waals surface area contributed by atoms with Crippen LogP contribution in [0.3, 0.4) is 0 Å². The van der Waals surface area contributed by atoms with Crippen molar-refractivity contribution in [2.75, 3.05) is 13.1 Å². The summed E-state index contributed by atoms with van der Waals surface area (Å²) < 4.78 is 5.08. The minimum atomic E-state index is -0.790. The second-order valence-electron chi connectivity index (χ2n) is 7.25. The Balaban J connectivity index is 2.02. The van der Waals surface area contributed by atoms with Crippen LogP contribution in [-0.2, 0) is 22.5 Å². The number of nitrogens with two attached hydrogens (primary N) is 1. The maximum absolute atomic E-state index is 12.0. The second-order valence-corrected chi connectivity index (χ2v) is 7.25. The number of piperazine rings is 1. The first kappa shape index (κ1) is 18.2. The van der Waals surface area contributed by atoms with E-state index in [2.05, 4.69) is 15.2 Å². The number of hydrogen-bond acceptors (Lipinski definition) is 5. The van der Waals surface area contributed by atoms with Gasteiger partial charge in [-0.25, -0.2) is 4.79 Å². The molecular formula is C17H26N4O3. The summed E-state index contributed by atoms with van der Waals surface area (Å²) in [4.78, 5) is 29.5. The van der Waals surface area contributed by atoms with E-state index < -0.39 is 17.2 Å². The van der Waals surface area contributed by atoms with Gasteiger partial charge < -0.3 is 15.8 Å². The van der Waals surface area contributed by atoms with E-state index in [0.717, 1.165) is 17.8 Å². The highest BCUT2D eigenvalue weighted by Gasteiger charge is 2.37. The molecule has 1 saturated heterocycles. The van der Waals surface area contributed by atoms with Gasteiger partial charge in [0.05, 0.1) is 5.54 Å². The smallest absolute Gasteiger partial charge is 0.405 e. The van der Waals surface area contributed by atoms with E-state index in [-0.39, 0.29) is 5.91 Å². The zero-order valence-electron chi connectivity index (χ0n) is 14.8. The van der Waals surface area contributed by atoms with Crippen LogP contribution in [0, 0.1) is 0 Å². The number of aromatic nitrogens is 1. The number of amides is 2. The van der Waals surface area contributed by atoms with E-state index in [9.17, 15) is 9.59 Å². The number of primary amides is 1. The molecule has 0 atom stereocenters. The summed E-state index contributed by atoms with van der Waals surface area (Å²) in [5.41, 5.74) is 5.70. The molecule has 2 heterocycles. The lowest BCUT2D eigenvalue weighted by Crippen LogP contribution is -2.61. The lowest BCUT2D eigenvalue weighted by Gasteiger charge is -2.41. The van der Waals surface area contributed by atoms with Crippen molar-refractivity contribution >= 4 is 12.0 Å². The van der Waals surface area contributed by atoms with Crippen molar-refractivity contribution in [2.45, 2.75) is 51.8 Å². The number of carbonyl (C=O) groups is 2. The average Bonchev–Trinajstić information content (AvgIpc) is 2.44. The van der Waals surface area contributed by atoms with Crippen molar-refractivity contribution in [1.82, 2.24) is 15.2 Å². The third-order valence-electron chi connectivity index (χ3n) is 4.26. The van der Waals surface area contributed by atoms with Gasteiger partial charge in [-0.3, -0.25) is 14.7 Å². The molecule has 1 aromatic rings. The average molecular weight is 334 g/mol. The normalized spacial score (nSPS) is 18.1. The SMILES string of the molecule is CC(C)(Cc1ccc(CN2CCNC(=O)C2(C)C)cn1)OC(N)=O. The van der Waals surface area contributed by atoms with Crippen LogP contribution in [0.4, 0.5) is 4.79 Å². The Morgan fingerprint density at radius 1 is 1.46 bits per heavy atom. The first-order chi connectivity index (χ1) is 11.1. The number of pyridine rings is 1. The molecule has 0 unspecified atom stereocenters. The molecule has 0 spiro atoms. The molecule has 1 aliphatic heterocycles. The molecule has 0 aliphatic carbocycles. The Bertz CT molecular complexity index is 611. The molecule has 7 nitrogen and oxygen atoms in total. The molecule has 0 bridgehead atoms. The quantitative estimate of drug-likeness (QED) is 0.843. The number of nitrogens with one attached hydrogen (secondary N) is 1. The molecule has 1 aromatic heterocycles. The number of nitrogens with zero attached hydrogens (tertiary/aromatic N) is 2. The van der Waals surface area contributed by atoms with Gasteiger partial charge in [-0.05, 0) is 39.3 Å². The third kappa shape index (κ3) is 4.44. The molecule has 7 heteroatoms. The van der Waals surface area contributed by atoms with Crippen LogP contribution in [0.25, 0.3) is 0 Å². The Hall–Kier alpha value is -2.15. The van der Waals surface area contributed by atoms with Gasteiger partial charge in [0, 0.05) is 37.9 Å². The lowest BCUT2D eigenvalue weighted by molar-refractivity contribution is -0.135. The summed E-state index contributed by atoms with van der Waals surface area (Å²) in [5, 5.41) is 2.89. The Kier molecular flexibility index (Phi) is 5.13. The fourth-order valence-electron chi connectivity index (χ4n) is 2.84. The van der Waals surface area contributed by atoms with Gasteiger partial charge in [0.1, 0.15) is 5.60 Å². The molecular weight excluding hydrogens is 308 g/mol. The van der Waals surface area contributed by atoms with Crippen LogP contribution in [0.5, 0.6) is 0 Å². The minimum absolute atomic E-state index is 0.0451. The van der Waals surface area contributed by atoms with E-state index in [1.807, 2.05) is 26.0 Å². The number of carbonyl (C=O) groups excluding carboxylic acids is 2. The van der Waals surface area contributed by atoms with Crippen LogP contribution < -0.4 is 11.1 Å². The largest absolute Gasteiger partial charge is 0.443 e. The molecule has 132 valence electrons. The van der Waals surface area contributed by atoms with Gasteiger partial charge >= 0.3 is 6.09 Å². The van der Waals surface area contributed by atoms with E-state index in [4.69, 9.17) is 10.5 Å². The zero-order valence-corrected chi connectivity index (χ0v) is 14.8. The van der Waals surface area contributed by atoms with E-state index >= 15 is 0 Å². The number of rotatable bonds is 5. The van der Waals surface area contributed by atoms with E-state index in [0.29, 0.717) is 19.5 Å². The summed E-state index contributed by atoms with van der Waals surface area (Å²) in [6.07, 6.45) is 1.49. The van der Waals surface area contributed by atoms with Gasteiger partial charge in [-0.2, -0.15) is 0 Å². The van der Waals surface area contributed by atoms with Crippen molar-refractivity contribution in [1.29, 1.82) is 0 Å². The van der Waals surface area contributed by atoms with Crippen LogP contribution in [0.15, 0.2) is 18.3 Å². The van der Waals surface area contributed by atoms with Gasteiger partial charge in [0.25, 0.3) is 0 Å². The van der Waals surface area contributed by atoms with Crippen molar-refractivity contribution in [3.05, 3.63) is 29.6 Å². The van der Waals surface area contributed by atoms with Gasteiger partial charge in [-0.15, -0.1) is 0 Å². The topological polar surface area (TPSA) is 97.6 Å². The highest BCUT2D eigenvalue weighted by Crippen LogP contribution is 2.21. The van der Waals surface area contributed by atoms with Crippen LogP contribution in [-0.4, -0.2) is 46.1 Å². The van der Waals surface area contributed by atoms with E-state index in [1.165, 1.54) is 0 Å². The summed E-state index contributed by atoms with van der Waals surface area (Å²) >= 11 is 0. The summed E-state index contributed by atoms with van der Waals surface area (Å²) in [6, 6.07) is 3.91. The predicted octanol–water partition coefficient (Wildman–Crippen LogP) is 1.21. The summed E-state index contributed by atoms with van der Waals surface area (Å²) in [6.45, 7) is 9.56. The van der Waals surface area contributed by atoms with Crippen LogP contribution >= 0.6 is 0 Å². The predicted molar refractivity (Wildman–Crippen MR) is 90.2 cm³/mol. The van der Waals surface area contributed by atoms with Crippen molar-refractivity contribution in [3.63, 3.8) is 0 Å². The first-order valence-electron chi connectivity index (χ1n) is 8.06. The van der Waals surface area contributed by atoms with Crippen molar-refractivity contribution < 1.29 is 14.3 Å². The summed E-state index contributed by atoms with van der Waals surface area (Å²) in [5.74, 6) is 0.0451. The molecule has 1 fully saturated rings. The van der Waals surface area contributed by atoms with Crippen LogP contribution in [0.2, 0.25) is 0 Å². The van der Waals surface area contributed by atoms with E-state index in [1.54, 1.807) is 20.0 Å². The Morgan fingerprint density at radius 2 is 2.17 bits per heavy atom. The monoisotopic (exact) mass is 334 g/mol. The first-order valence-corrected chi connectivity index (χ1v) is 8.06. The standard InChI is InChI=1S/C17H26N4O3/c1-16(2,24-15(18)23)9-13-6-5-12(10-20-13)11-21-8-7-19-14(22)17(21,3)4/h5-6,10H,7-9,11H2,1-4H3,(H2,18,23)(H,19,22).